The van der Waals surface area contributed by atoms with Crippen LogP contribution in [0.4, 0.5) is 4.79 Å². The molecule has 0 spiro atoms. The van der Waals surface area contributed by atoms with Crippen LogP contribution in [0.1, 0.15) is 46.0 Å². The molecule has 1 N–H and O–H groups in total. The summed E-state index contributed by atoms with van der Waals surface area (Å²) in [7, 11) is 1.33. The second kappa shape index (κ2) is 11.1. The number of carbonyl (C=O) groups is 3. The van der Waals surface area contributed by atoms with Crippen molar-refractivity contribution in [2.45, 2.75) is 34.2 Å². The minimum Gasteiger partial charge on any atom is -0.464 e. The number of ether oxygens (including phenoxy) is 2. The van der Waals surface area contributed by atoms with Gasteiger partial charge in [0.25, 0.3) is 0 Å². The molecule has 1 saturated heterocycles. The van der Waals surface area contributed by atoms with E-state index in [1.165, 1.54) is 7.11 Å². The third kappa shape index (κ3) is 5.40. The van der Waals surface area contributed by atoms with Gasteiger partial charge in [-0.3, -0.25) is 9.69 Å². The van der Waals surface area contributed by atoms with Crippen LogP contribution in [0.3, 0.4) is 0 Å². The monoisotopic (exact) mass is 422 g/mol. The summed E-state index contributed by atoms with van der Waals surface area (Å²) in [6.45, 7) is 12.4. The molecule has 1 aliphatic heterocycles. The number of morpholine rings is 1. The Bertz CT molecular complexity index is 768. The summed E-state index contributed by atoms with van der Waals surface area (Å²) in [5.74, 6) is -0.653. The number of methoxy groups -OCH3 is 1. The van der Waals surface area contributed by atoms with Crippen molar-refractivity contribution in [3.8, 4) is 0 Å². The lowest BCUT2D eigenvalue weighted by Crippen LogP contribution is -2.47. The van der Waals surface area contributed by atoms with E-state index in [1.807, 2.05) is 20.8 Å². The summed E-state index contributed by atoms with van der Waals surface area (Å²) in [6, 6.07) is -0.266. The minimum atomic E-state index is -0.468. The minimum absolute atomic E-state index is 0.0494. The highest BCUT2D eigenvalue weighted by atomic mass is 16.5. The number of ketones is 1. The highest BCUT2D eigenvalue weighted by Gasteiger charge is 2.28. The number of carbonyl (C=O) groups excluding carboxylic acids is 3. The second-order valence-electron chi connectivity index (χ2n) is 7.30. The van der Waals surface area contributed by atoms with Gasteiger partial charge in [0.05, 0.1) is 26.9 Å². The number of amides is 2. The Kier molecular flexibility index (Phi) is 8.86. The third-order valence-electron chi connectivity index (χ3n) is 5.48. The van der Waals surface area contributed by atoms with Crippen molar-refractivity contribution in [3.05, 3.63) is 22.5 Å². The lowest BCUT2D eigenvalue weighted by Gasteiger charge is -2.30. The van der Waals surface area contributed by atoms with Crippen molar-refractivity contribution in [1.82, 2.24) is 19.7 Å². The maximum absolute atomic E-state index is 13.2. The maximum atomic E-state index is 13.2. The molecule has 30 heavy (non-hydrogen) atoms. The summed E-state index contributed by atoms with van der Waals surface area (Å²) in [6.07, 6.45) is 0. The highest BCUT2D eigenvalue weighted by molar-refractivity contribution is 6.04. The van der Waals surface area contributed by atoms with Crippen molar-refractivity contribution >= 4 is 17.8 Å². The number of nitrogens with one attached hydrogen (secondary N) is 1. The molecule has 0 bridgehead atoms. The zero-order valence-corrected chi connectivity index (χ0v) is 18.7. The molecule has 168 valence electrons. The number of hydrogen-bond donors (Lipinski definition) is 1. The summed E-state index contributed by atoms with van der Waals surface area (Å²) in [4.78, 5) is 41.8. The molecule has 1 aromatic heterocycles. The van der Waals surface area contributed by atoms with Crippen LogP contribution >= 0.6 is 0 Å². The molecule has 0 saturated carbocycles. The molecule has 2 heterocycles. The van der Waals surface area contributed by atoms with E-state index in [0.29, 0.717) is 61.9 Å². The van der Waals surface area contributed by atoms with Crippen LogP contribution in [0.5, 0.6) is 0 Å². The van der Waals surface area contributed by atoms with Crippen molar-refractivity contribution < 1.29 is 23.9 Å². The van der Waals surface area contributed by atoms with Crippen LogP contribution < -0.4 is 5.32 Å². The number of hydrogen-bond acceptors (Lipinski definition) is 6. The predicted octanol–water partition coefficient (Wildman–Crippen LogP) is 1.46. The topological polar surface area (TPSA) is 93.1 Å². The fourth-order valence-corrected chi connectivity index (χ4v) is 3.92. The van der Waals surface area contributed by atoms with Crippen LogP contribution in [-0.4, -0.2) is 91.7 Å². The average molecular weight is 423 g/mol. The first-order chi connectivity index (χ1) is 14.3. The van der Waals surface area contributed by atoms with E-state index < -0.39 is 5.97 Å². The molecule has 0 aliphatic carbocycles. The van der Waals surface area contributed by atoms with Gasteiger partial charge < -0.3 is 24.3 Å². The van der Waals surface area contributed by atoms with Gasteiger partial charge in [-0.1, -0.05) is 0 Å². The Hall–Kier alpha value is -2.39. The van der Waals surface area contributed by atoms with Crippen LogP contribution in [-0.2, 0) is 16.0 Å². The van der Waals surface area contributed by atoms with Crippen molar-refractivity contribution in [2.24, 2.45) is 0 Å². The Labute approximate surface area is 178 Å². The summed E-state index contributed by atoms with van der Waals surface area (Å²) >= 11 is 0. The number of Topliss-reactive ketones (excluding diaryl/α,β-unsaturated/α-hetero) is 1. The summed E-state index contributed by atoms with van der Waals surface area (Å²) in [5.41, 5.74) is 2.18. The molecule has 0 radical (unpaired) electrons. The largest absolute Gasteiger partial charge is 0.464 e. The van der Waals surface area contributed by atoms with Crippen molar-refractivity contribution in [3.63, 3.8) is 0 Å². The Morgan fingerprint density at radius 1 is 1.17 bits per heavy atom. The van der Waals surface area contributed by atoms with Crippen molar-refractivity contribution in [2.75, 3.05) is 59.6 Å². The molecule has 1 aromatic rings. The number of esters is 1. The molecule has 0 atom stereocenters. The lowest BCUT2D eigenvalue weighted by molar-refractivity contribution is 0.0348. The van der Waals surface area contributed by atoms with E-state index in [1.54, 1.807) is 16.4 Å². The highest BCUT2D eigenvalue weighted by Crippen LogP contribution is 2.24. The fraction of sp³-hybridized carbons (Fsp3) is 0.667. The number of nitrogens with zero attached hydrogens (tertiary/aromatic N) is 3. The number of urea groups is 1. The van der Waals surface area contributed by atoms with Gasteiger partial charge in [0.2, 0.25) is 0 Å². The Morgan fingerprint density at radius 3 is 2.40 bits per heavy atom. The Balaban J connectivity index is 2.22. The van der Waals surface area contributed by atoms with Crippen LogP contribution in [0.25, 0.3) is 0 Å². The molecular weight excluding hydrogens is 388 g/mol. The standard InChI is InChI=1S/C21H34N4O5/c1-6-22-21(28)24(9-8-23-10-12-30-13-11-23)14-17(26)18-15(3)19(20(27)29-5)25(7-2)16(18)4/h6-14H2,1-5H3,(H,22,28). The molecule has 2 rings (SSSR count). The summed E-state index contributed by atoms with van der Waals surface area (Å²) < 4.78 is 12.1. The van der Waals surface area contributed by atoms with Gasteiger partial charge in [-0.05, 0) is 33.3 Å². The van der Waals surface area contributed by atoms with Crippen LogP contribution in [0.15, 0.2) is 0 Å². The van der Waals surface area contributed by atoms with E-state index in [4.69, 9.17) is 9.47 Å². The molecule has 9 heteroatoms. The van der Waals surface area contributed by atoms with Gasteiger partial charge >= 0.3 is 12.0 Å². The molecule has 1 fully saturated rings. The van der Waals surface area contributed by atoms with E-state index in [9.17, 15) is 14.4 Å². The predicted molar refractivity (Wildman–Crippen MR) is 113 cm³/mol. The molecule has 1 aliphatic rings. The van der Waals surface area contributed by atoms with Gasteiger partial charge in [0, 0.05) is 50.5 Å². The van der Waals surface area contributed by atoms with Gasteiger partial charge in [0.15, 0.2) is 5.78 Å². The lowest BCUT2D eigenvalue weighted by atomic mass is 10.1. The van der Waals surface area contributed by atoms with Gasteiger partial charge in [0.1, 0.15) is 5.69 Å². The molecular formula is C21H34N4O5. The molecule has 9 nitrogen and oxygen atoms in total. The normalized spacial score (nSPS) is 14.4. The number of aromatic nitrogens is 1. The third-order valence-corrected chi connectivity index (χ3v) is 5.48. The van der Waals surface area contributed by atoms with E-state index in [-0.39, 0.29) is 18.4 Å². The average Bonchev–Trinajstić information content (AvgIpc) is 3.00. The van der Waals surface area contributed by atoms with Gasteiger partial charge in [-0.25, -0.2) is 9.59 Å². The number of rotatable bonds is 9. The van der Waals surface area contributed by atoms with E-state index in [2.05, 4.69) is 10.2 Å². The zero-order chi connectivity index (χ0) is 22.3. The maximum Gasteiger partial charge on any atom is 0.354 e. The molecule has 2 amide bonds. The van der Waals surface area contributed by atoms with Crippen LogP contribution in [0, 0.1) is 13.8 Å². The van der Waals surface area contributed by atoms with E-state index in [0.717, 1.165) is 13.1 Å². The quantitative estimate of drug-likeness (QED) is 0.478. The first-order valence-electron chi connectivity index (χ1n) is 10.5. The Morgan fingerprint density at radius 2 is 1.83 bits per heavy atom. The zero-order valence-electron chi connectivity index (χ0n) is 18.7. The SMILES string of the molecule is CCNC(=O)N(CCN1CCOCC1)CC(=O)c1c(C)c(C(=O)OC)n(CC)c1C. The van der Waals surface area contributed by atoms with Crippen LogP contribution in [0.2, 0.25) is 0 Å². The van der Waals surface area contributed by atoms with Gasteiger partial charge in [-0.2, -0.15) is 0 Å². The second-order valence-corrected chi connectivity index (χ2v) is 7.30. The summed E-state index contributed by atoms with van der Waals surface area (Å²) in [5, 5.41) is 2.79. The molecule has 0 unspecified atom stereocenters. The smallest absolute Gasteiger partial charge is 0.354 e. The first-order valence-corrected chi connectivity index (χ1v) is 10.5. The fourth-order valence-electron chi connectivity index (χ4n) is 3.92. The van der Waals surface area contributed by atoms with Crippen molar-refractivity contribution in [1.29, 1.82) is 0 Å². The van der Waals surface area contributed by atoms with E-state index >= 15 is 0 Å². The first kappa shape index (κ1) is 23.9. The van der Waals surface area contributed by atoms with Gasteiger partial charge in [-0.15, -0.1) is 0 Å². The molecule has 0 aromatic carbocycles.